The summed E-state index contributed by atoms with van der Waals surface area (Å²) in [5.74, 6) is 0. The van der Waals surface area contributed by atoms with Crippen LogP contribution in [0.15, 0.2) is 35.3 Å². The van der Waals surface area contributed by atoms with E-state index in [1.54, 1.807) is 0 Å². The molecule has 15 heavy (non-hydrogen) atoms. The molecule has 0 atom stereocenters. The van der Waals surface area contributed by atoms with Gasteiger partial charge in [0.2, 0.25) is 0 Å². The first-order valence-electron chi connectivity index (χ1n) is 5.41. The molecule has 2 heteroatoms. The fourth-order valence-electron chi connectivity index (χ4n) is 1.50. The van der Waals surface area contributed by atoms with E-state index in [1.165, 1.54) is 11.3 Å². The van der Waals surface area contributed by atoms with Crippen molar-refractivity contribution >= 4 is 21.6 Å². The van der Waals surface area contributed by atoms with Crippen LogP contribution in [0.2, 0.25) is 0 Å². The molecule has 82 valence electrons. The predicted octanol–water partition coefficient (Wildman–Crippen LogP) is 4.39. The monoisotopic (exact) mass is 267 g/mol. The normalized spacial score (nSPS) is 10.0. The highest BCUT2D eigenvalue weighted by atomic mass is 79.9. The molecule has 1 nitrogen and oxygen atoms in total. The van der Waals surface area contributed by atoms with Gasteiger partial charge in [0.05, 0.1) is 0 Å². The highest BCUT2D eigenvalue weighted by Crippen LogP contribution is 2.21. The fraction of sp³-hybridized carbons (Fsp3) is 0.385. The second-order valence-electron chi connectivity index (χ2n) is 3.51. The molecule has 0 fully saturated rings. The van der Waals surface area contributed by atoms with Crippen molar-refractivity contribution in [2.24, 2.45) is 0 Å². The number of hydrogen-bond donors (Lipinski definition) is 1. The second kappa shape index (κ2) is 6.67. The van der Waals surface area contributed by atoms with Gasteiger partial charge in [-0.15, -0.1) is 6.58 Å². The molecule has 0 radical (unpaired) electrons. The summed E-state index contributed by atoms with van der Waals surface area (Å²) in [7, 11) is 0. The minimum absolute atomic E-state index is 1.01. The SMILES string of the molecule is C=CCCCNc1ccc(Br)cc1CC. The van der Waals surface area contributed by atoms with Crippen molar-refractivity contribution in [3.05, 3.63) is 40.9 Å². The van der Waals surface area contributed by atoms with Gasteiger partial charge in [-0.25, -0.2) is 0 Å². The number of anilines is 1. The summed E-state index contributed by atoms with van der Waals surface area (Å²) in [6.07, 6.45) is 5.24. The number of halogens is 1. The lowest BCUT2D eigenvalue weighted by atomic mass is 10.1. The van der Waals surface area contributed by atoms with E-state index in [2.05, 4.69) is 52.9 Å². The van der Waals surface area contributed by atoms with Crippen molar-refractivity contribution in [3.63, 3.8) is 0 Å². The lowest BCUT2D eigenvalue weighted by molar-refractivity contribution is 0.888. The molecule has 0 amide bonds. The Balaban J connectivity index is 2.55. The van der Waals surface area contributed by atoms with Crippen molar-refractivity contribution in [1.29, 1.82) is 0 Å². The molecule has 0 aliphatic heterocycles. The van der Waals surface area contributed by atoms with Crippen molar-refractivity contribution in [2.45, 2.75) is 26.2 Å². The first-order valence-corrected chi connectivity index (χ1v) is 6.20. The maximum Gasteiger partial charge on any atom is 0.0373 e. The third kappa shape index (κ3) is 4.08. The van der Waals surface area contributed by atoms with Crippen LogP contribution < -0.4 is 5.32 Å². The Hall–Kier alpha value is -0.760. The minimum Gasteiger partial charge on any atom is -0.385 e. The van der Waals surface area contributed by atoms with Gasteiger partial charge >= 0.3 is 0 Å². The Bertz CT molecular complexity index is 320. The van der Waals surface area contributed by atoms with Crippen molar-refractivity contribution in [3.8, 4) is 0 Å². The highest BCUT2D eigenvalue weighted by molar-refractivity contribution is 9.10. The molecule has 0 unspecified atom stereocenters. The van der Waals surface area contributed by atoms with Crippen molar-refractivity contribution in [2.75, 3.05) is 11.9 Å². The Morgan fingerprint density at radius 3 is 2.93 bits per heavy atom. The largest absolute Gasteiger partial charge is 0.385 e. The molecule has 1 rings (SSSR count). The molecule has 0 aliphatic rings. The molecule has 0 spiro atoms. The van der Waals surface area contributed by atoms with Crippen molar-refractivity contribution in [1.82, 2.24) is 0 Å². The van der Waals surface area contributed by atoms with Gasteiger partial charge in [-0.2, -0.15) is 0 Å². The number of allylic oxidation sites excluding steroid dienone is 1. The van der Waals surface area contributed by atoms with Crippen LogP contribution in [0.3, 0.4) is 0 Å². The first-order chi connectivity index (χ1) is 7.27. The van der Waals surface area contributed by atoms with Gasteiger partial charge in [0.15, 0.2) is 0 Å². The third-order valence-corrected chi connectivity index (χ3v) is 2.84. The topological polar surface area (TPSA) is 12.0 Å². The second-order valence-corrected chi connectivity index (χ2v) is 4.43. The van der Waals surface area contributed by atoms with Gasteiger partial charge in [-0.05, 0) is 43.0 Å². The molecule has 1 N–H and O–H groups in total. The number of hydrogen-bond acceptors (Lipinski definition) is 1. The number of rotatable bonds is 6. The molecule has 1 aromatic rings. The van der Waals surface area contributed by atoms with Crippen LogP contribution in [-0.2, 0) is 6.42 Å². The Labute approximate surface area is 101 Å². The van der Waals surface area contributed by atoms with Gasteiger partial charge < -0.3 is 5.32 Å². The van der Waals surface area contributed by atoms with Crippen molar-refractivity contribution < 1.29 is 0 Å². The lowest BCUT2D eigenvalue weighted by Gasteiger charge is -2.10. The fourth-order valence-corrected chi connectivity index (χ4v) is 1.91. The van der Waals surface area contributed by atoms with Gasteiger partial charge in [0.1, 0.15) is 0 Å². The number of nitrogens with one attached hydrogen (secondary N) is 1. The Kier molecular flexibility index (Phi) is 5.48. The van der Waals surface area contributed by atoms with Crippen LogP contribution >= 0.6 is 15.9 Å². The van der Waals surface area contributed by atoms with E-state index in [0.29, 0.717) is 0 Å². The molecule has 0 aliphatic carbocycles. The van der Waals surface area contributed by atoms with Crippen LogP contribution in [-0.4, -0.2) is 6.54 Å². The summed E-state index contributed by atoms with van der Waals surface area (Å²) in [5.41, 5.74) is 2.62. The molecule has 1 aromatic carbocycles. The maximum atomic E-state index is 3.72. The molecule has 0 aromatic heterocycles. The molecule has 0 bridgehead atoms. The van der Waals surface area contributed by atoms with Gasteiger partial charge in [0, 0.05) is 16.7 Å². The summed E-state index contributed by atoms with van der Waals surface area (Å²) in [6, 6.07) is 6.39. The molecule has 0 heterocycles. The van der Waals surface area contributed by atoms with E-state index in [-0.39, 0.29) is 0 Å². The zero-order valence-electron chi connectivity index (χ0n) is 9.22. The van der Waals surface area contributed by atoms with Crippen LogP contribution in [0, 0.1) is 0 Å². The van der Waals surface area contributed by atoms with Gasteiger partial charge in [0.25, 0.3) is 0 Å². The molecular formula is C13H18BrN. The lowest BCUT2D eigenvalue weighted by Crippen LogP contribution is -2.03. The summed E-state index contributed by atoms with van der Waals surface area (Å²) in [4.78, 5) is 0. The quantitative estimate of drug-likeness (QED) is 0.596. The summed E-state index contributed by atoms with van der Waals surface area (Å²) < 4.78 is 1.15. The van der Waals surface area contributed by atoms with Gasteiger partial charge in [-0.3, -0.25) is 0 Å². The Morgan fingerprint density at radius 2 is 2.27 bits per heavy atom. The smallest absolute Gasteiger partial charge is 0.0373 e. The van der Waals surface area contributed by atoms with E-state index >= 15 is 0 Å². The summed E-state index contributed by atoms with van der Waals surface area (Å²) in [5, 5.41) is 3.46. The minimum atomic E-state index is 1.01. The average Bonchev–Trinajstić information content (AvgIpc) is 2.26. The van der Waals surface area contributed by atoms with Crippen LogP contribution in [0.25, 0.3) is 0 Å². The van der Waals surface area contributed by atoms with Crippen LogP contribution in [0.1, 0.15) is 25.3 Å². The third-order valence-electron chi connectivity index (χ3n) is 2.35. The van der Waals surface area contributed by atoms with E-state index < -0.39 is 0 Å². The maximum absolute atomic E-state index is 3.72. The standard InChI is InChI=1S/C13H18BrN/c1-3-5-6-9-15-13-8-7-12(14)10-11(13)4-2/h3,7-8,10,15H,1,4-6,9H2,2H3. The Morgan fingerprint density at radius 1 is 1.47 bits per heavy atom. The summed E-state index contributed by atoms with van der Waals surface area (Å²) >= 11 is 3.49. The summed E-state index contributed by atoms with van der Waals surface area (Å²) in [6.45, 7) is 6.91. The zero-order valence-corrected chi connectivity index (χ0v) is 10.8. The van der Waals surface area contributed by atoms with Crippen LogP contribution in [0.5, 0.6) is 0 Å². The number of unbranched alkanes of at least 4 members (excludes halogenated alkanes) is 1. The van der Waals surface area contributed by atoms with Gasteiger partial charge in [-0.1, -0.05) is 28.9 Å². The van der Waals surface area contributed by atoms with E-state index in [1.807, 2.05) is 6.08 Å². The predicted molar refractivity (Wildman–Crippen MR) is 71.4 cm³/mol. The zero-order chi connectivity index (χ0) is 11.1. The molecule has 0 saturated carbocycles. The molecular weight excluding hydrogens is 250 g/mol. The number of benzene rings is 1. The van der Waals surface area contributed by atoms with Crippen LogP contribution in [0.4, 0.5) is 5.69 Å². The van der Waals surface area contributed by atoms with E-state index in [4.69, 9.17) is 0 Å². The first kappa shape index (κ1) is 12.3. The molecule has 0 saturated heterocycles. The number of aryl methyl sites for hydroxylation is 1. The van der Waals surface area contributed by atoms with E-state index in [9.17, 15) is 0 Å². The van der Waals surface area contributed by atoms with E-state index in [0.717, 1.165) is 30.3 Å². The highest BCUT2D eigenvalue weighted by Gasteiger charge is 2.00. The average molecular weight is 268 g/mol.